The van der Waals surface area contributed by atoms with Crippen molar-refractivity contribution >= 4 is 11.6 Å². The molecular weight excluding hydrogens is 264 g/mol. The standard InChI is InChI=1S/C17H20N2O2/c1-2-3-11-16(20)18-15-10-7-12-19(17(15)21)13-14-8-5-4-6-9-14/h4-10,12H,2-3,11,13H2,1H3,(H,18,20). The minimum absolute atomic E-state index is 0.105. The highest BCUT2D eigenvalue weighted by atomic mass is 16.2. The van der Waals surface area contributed by atoms with Gasteiger partial charge in [0.2, 0.25) is 5.91 Å². The van der Waals surface area contributed by atoms with Crippen molar-refractivity contribution in [2.45, 2.75) is 32.7 Å². The number of unbranched alkanes of at least 4 members (excludes halogenated alkanes) is 1. The highest BCUT2D eigenvalue weighted by molar-refractivity contribution is 5.90. The van der Waals surface area contributed by atoms with Gasteiger partial charge in [-0.2, -0.15) is 0 Å². The molecule has 0 unspecified atom stereocenters. The predicted molar refractivity (Wildman–Crippen MR) is 84.4 cm³/mol. The summed E-state index contributed by atoms with van der Waals surface area (Å²) >= 11 is 0. The maximum atomic E-state index is 12.3. The van der Waals surface area contributed by atoms with Gasteiger partial charge in [0, 0.05) is 12.6 Å². The summed E-state index contributed by atoms with van der Waals surface area (Å²) in [6, 6.07) is 13.2. The van der Waals surface area contributed by atoms with Gasteiger partial charge >= 0.3 is 0 Å². The Morgan fingerprint density at radius 3 is 2.62 bits per heavy atom. The number of amides is 1. The molecule has 0 aliphatic heterocycles. The molecule has 1 N–H and O–H groups in total. The van der Waals surface area contributed by atoms with Crippen molar-refractivity contribution in [3.63, 3.8) is 0 Å². The molecule has 0 spiro atoms. The first kappa shape index (κ1) is 15.0. The lowest BCUT2D eigenvalue weighted by Gasteiger charge is -2.09. The lowest BCUT2D eigenvalue weighted by molar-refractivity contribution is -0.116. The second-order valence-electron chi connectivity index (χ2n) is 4.99. The van der Waals surface area contributed by atoms with E-state index in [9.17, 15) is 9.59 Å². The van der Waals surface area contributed by atoms with Gasteiger partial charge in [-0.1, -0.05) is 43.7 Å². The molecule has 2 aromatic rings. The highest BCUT2D eigenvalue weighted by Gasteiger charge is 2.07. The molecule has 0 aliphatic carbocycles. The zero-order valence-corrected chi connectivity index (χ0v) is 12.2. The summed E-state index contributed by atoms with van der Waals surface area (Å²) in [6.07, 6.45) is 3.97. The summed E-state index contributed by atoms with van der Waals surface area (Å²) in [7, 11) is 0. The van der Waals surface area contributed by atoms with Crippen molar-refractivity contribution in [3.8, 4) is 0 Å². The summed E-state index contributed by atoms with van der Waals surface area (Å²) in [4.78, 5) is 24.1. The van der Waals surface area contributed by atoms with Gasteiger partial charge < -0.3 is 9.88 Å². The van der Waals surface area contributed by atoms with Crippen molar-refractivity contribution in [1.29, 1.82) is 0 Å². The summed E-state index contributed by atoms with van der Waals surface area (Å²) < 4.78 is 1.60. The van der Waals surface area contributed by atoms with Crippen LogP contribution in [0.2, 0.25) is 0 Å². The lowest BCUT2D eigenvalue weighted by atomic mass is 10.2. The van der Waals surface area contributed by atoms with Crippen LogP contribution in [0.15, 0.2) is 53.5 Å². The van der Waals surface area contributed by atoms with Crippen LogP contribution < -0.4 is 10.9 Å². The molecule has 0 atom stereocenters. The van der Waals surface area contributed by atoms with Gasteiger partial charge in [0.25, 0.3) is 5.56 Å². The zero-order chi connectivity index (χ0) is 15.1. The van der Waals surface area contributed by atoms with Crippen molar-refractivity contribution in [1.82, 2.24) is 4.57 Å². The third-order valence-electron chi connectivity index (χ3n) is 3.25. The van der Waals surface area contributed by atoms with Gasteiger partial charge in [0.05, 0.1) is 6.54 Å². The molecule has 0 bridgehead atoms. The summed E-state index contributed by atoms with van der Waals surface area (Å²) in [5, 5.41) is 2.70. The Kier molecular flexibility index (Phi) is 5.32. The van der Waals surface area contributed by atoms with Crippen LogP contribution in [0.3, 0.4) is 0 Å². The van der Waals surface area contributed by atoms with Gasteiger partial charge in [-0.15, -0.1) is 0 Å². The maximum absolute atomic E-state index is 12.3. The number of anilines is 1. The van der Waals surface area contributed by atoms with Crippen molar-refractivity contribution < 1.29 is 4.79 Å². The molecule has 0 saturated heterocycles. The monoisotopic (exact) mass is 284 g/mol. The fraction of sp³-hybridized carbons (Fsp3) is 0.294. The van der Waals surface area contributed by atoms with Crippen LogP contribution in [0.4, 0.5) is 5.69 Å². The summed E-state index contributed by atoms with van der Waals surface area (Å²) in [6.45, 7) is 2.53. The number of nitrogens with one attached hydrogen (secondary N) is 1. The van der Waals surface area contributed by atoms with Gasteiger partial charge in [-0.25, -0.2) is 0 Å². The number of carbonyl (C=O) groups is 1. The minimum Gasteiger partial charge on any atom is -0.321 e. The minimum atomic E-state index is -0.175. The lowest BCUT2D eigenvalue weighted by Crippen LogP contribution is -2.25. The fourth-order valence-electron chi connectivity index (χ4n) is 2.09. The van der Waals surface area contributed by atoms with Crippen molar-refractivity contribution in [3.05, 3.63) is 64.6 Å². The SMILES string of the molecule is CCCCC(=O)Nc1cccn(Cc2ccccc2)c1=O. The normalized spacial score (nSPS) is 10.3. The molecule has 1 amide bonds. The fourth-order valence-corrected chi connectivity index (χ4v) is 2.09. The molecule has 0 aliphatic rings. The Bertz CT molecular complexity index is 647. The number of pyridine rings is 1. The Balaban J connectivity index is 2.13. The predicted octanol–water partition coefficient (Wildman–Crippen LogP) is 3.03. The van der Waals surface area contributed by atoms with Gasteiger partial charge in [-0.3, -0.25) is 9.59 Å². The molecule has 0 radical (unpaired) electrons. The molecule has 21 heavy (non-hydrogen) atoms. The first-order valence-electron chi connectivity index (χ1n) is 7.24. The van der Waals surface area contributed by atoms with Crippen LogP contribution >= 0.6 is 0 Å². The van der Waals surface area contributed by atoms with E-state index < -0.39 is 0 Å². The number of benzene rings is 1. The quantitative estimate of drug-likeness (QED) is 0.886. The van der Waals surface area contributed by atoms with Crippen LogP contribution in [-0.4, -0.2) is 10.5 Å². The third-order valence-corrected chi connectivity index (χ3v) is 3.25. The number of rotatable bonds is 6. The van der Waals surface area contributed by atoms with E-state index >= 15 is 0 Å². The van der Waals surface area contributed by atoms with Crippen LogP contribution in [0.25, 0.3) is 0 Å². The van der Waals surface area contributed by atoms with E-state index in [2.05, 4.69) is 5.32 Å². The molecule has 4 heteroatoms. The van der Waals surface area contributed by atoms with Crippen LogP contribution in [0, 0.1) is 0 Å². The van der Waals surface area contributed by atoms with E-state index in [0.717, 1.165) is 18.4 Å². The van der Waals surface area contributed by atoms with Crippen LogP contribution in [0.1, 0.15) is 31.7 Å². The van der Waals surface area contributed by atoms with E-state index in [1.807, 2.05) is 37.3 Å². The molecular formula is C17H20N2O2. The number of carbonyl (C=O) groups excluding carboxylic acids is 1. The first-order chi connectivity index (χ1) is 10.2. The average Bonchev–Trinajstić information content (AvgIpc) is 2.50. The van der Waals surface area contributed by atoms with E-state index in [4.69, 9.17) is 0 Å². The topological polar surface area (TPSA) is 51.1 Å². The first-order valence-corrected chi connectivity index (χ1v) is 7.24. The molecule has 1 aromatic heterocycles. The molecule has 2 rings (SSSR count). The second kappa shape index (κ2) is 7.43. The Morgan fingerprint density at radius 2 is 1.90 bits per heavy atom. The third kappa shape index (κ3) is 4.31. The maximum Gasteiger partial charge on any atom is 0.274 e. The van der Waals surface area contributed by atoms with E-state index in [0.29, 0.717) is 18.7 Å². The molecule has 110 valence electrons. The highest BCUT2D eigenvalue weighted by Crippen LogP contribution is 2.05. The number of aromatic nitrogens is 1. The number of hydrogen-bond donors (Lipinski definition) is 1. The molecule has 1 aromatic carbocycles. The summed E-state index contributed by atoms with van der Waals surface area (Å²) in [5.74, 6) is -0.105. The Morgan fingerprint density at radius 1 is 1.14 bits per heavy atom. The average molecular weight is 284 g/mol. The summed E-state index contributed by atoms with van der Waals surface area (Å²) in [5.41, 5.74) is 1.22. The van der Waals surface area contributed by atoms with Crippen molar-refractivity contribution in [2.75, 3.05) is 5.32 Å². The number of nitrogens with zero attached hydrogens (tertiary/aromatic N) is 1. The largest absolute Gasteiger partial charge is 0.321 e. The molecule has 1 heterocycles. The van der Waals surface area contributed by atoms with Crippen LogP contribution in [0.5, 0.6) is 0 Å². The van der Waals surface area contributed by atoms with Gasteiger partial charge in [0.15, 0.2) is 0 Å². The van der Waals surface area contributed by atoms with Gasteiger partial charge in [0.1, 0.15) is 5.69 Å². The van der Waals surface area contributed by atoms with Crippen LogP contribution in [-0.2, 0) is 11.3 Å². The smallest absolute Gasteiger partial charge is 0.274 e. The zero-order valence-electron chi connectivity index (χ0n) is 12.2. The van der Waals surface area contributed by atoms with E-state index in [1.165, 1.54) is 0 Å². The van der Waals surface area contributed by atoms with Gasteiger partial charge in [-0.05, 0) is 24.1 Å². The van der Waals surface area contributed by atoms with E-state index in [-0.39, 0.29) is 11.5 Å². The molecule has 4 nitrogen and oxygen atoms in total. The Hall–Kier alpha value is -2.36. The number of hydrogen-bond acceptors (Lipinski definition) is 2. The molecule has 0 saturated carbocycles. The Labute approximate surface area is 124 Å². The second-order valence-corrected chi connectivity index (χ2v) is 4.99. The van der Waals surface area contributed by atoms with Crippen molar-refractivity contribution in [2.24, 2.45) is 0 Å². The van der Waals surface area contributed by atoms with E-state index in [1.54, 1.807) is 22.9 Å². The molecule has 0 fully saturated rings.